The number of hydrogen-bond donors (Lipinski definition) is 1. The van der Waals surface area contributed by atoms with Crippen LogP contribution in [0.5, 0.6) is 0 Å². The maximum atomic E-state index is 6.12. The van der Waals surface area contributed by atoms with Gasteiger partial charge in [-0.15, -0.1) is 0 Å². The summed E-state index contributed by atoms with van der Waals surface area (Å²) >= 11 is 2.01. The van der Waals surface area contributed by atoms with Gasteiger partial charge in [0.1, 0.15) is 0 Å². The average molecular weight is 193 g/mol. The maximum Gasteiger partial charge on any atom is 0.0308 e. The van der Waals surface area contributed by atoms with E-state index < -0.39 is 0 Å². The lowest BCUT2D eigenvalue weighted by Gasteiger charge is -2.13. The Hall–Kier alpha value is -0.470. The molecule has 0 amide bonds. The second kappa shape index (κ2) is 3.72. The van der Waals surface area contributed by atoms with Crippen LogP contribution in [-0.4, -0.2) is 5.25 Å². The number of nitrogens with two attached hydrogens (primary N) is 1. The van der Waals surface area contributed by atoms with E-state index in [1.807, 2.05) is 11.8 Å². The van der Waals surface area contributed by atoms with Crippen molar-refractivity contribution in [3.8, 4) is 0 Å². The van der Waals surface area contributed by atoms with E-state index in [2.05, 4.69) is 31.2 Å². The number of fused-ring (bicyclic) bond motifs is 1. The Balaban J connectivity index is 2.35. The minimum absolute atomic E-state index is 0.237. The molecule has 1 aliphatic heterocycles. The maximum absolute atomic E-state index is 6.12. The third-order valence-electron chi connectivity index (χ3n) is 2.56. The molecule has 0 spiro atoms. The lowest BCUT2D eigenvalue weighted by atomic mass is 9.99. The van der Waals surface area contributed by atoms with Gasteiger partial charge in [0.2, 0.25) is 0 Å². The van der Waals surface area contributed by atoms with E-state index in [1.165, 1.54) is 11.1 Å². The molecule has 0 fully saturated rings. The molecule has 1 nitrogen and oxygen atoms in total. The van der Waals surface area contributed by atoms with Crippen molar-refractivity contribution in [3.05, 3.63) is 35.4 Å². The van der Waals surface area contributed by atoms with Gasteiger partial charge in [0.25, 0.3) is 0 Å². The molecule has 1 heterocycles. The molecule has 0 saturated carbocycles. The Morgan fingerprint density at radius 1 is 1.38 bits per heavy atom. The Kier molecular flexibility index (Phi) is 2.61. The van der Waals surface area contributed by atoms with Crippen LogP contribution in [0.2, 0.25) is 0 Å². The van der Waals surface area contributed by atoms with Crippen molar-refractivity contribution in [2.24, 2.45) is 5.73 Å². The fourth-order valence-corrected chi connectivity index (χ4v) is 2.88. The van der Waals surface area contributed by atoms with Crippen molar-refractivity contribution in [2.75, 3.05) is 0 Å². The van der Waals surface area contributed by atoms with Gasteiger partial charge in [-0.2, -0.15) is 11.8 Å². The Morgan fingerprint density at radius 3 is 3.00 bits per heavy atom. The summed E-state index contributed by atoms with van der Waals surface area (Å²) in [6.07, 6.45) is 1.10. The van der Waals surface area contributed by atoms with E-state index in [0.717, 1.165) is 12.2 Å². The summed E-state index contributed by atoms with van der Waals surface area (Å²) in [6.45, 7) is 2.26. The molecule has 0 aliphatic carbocycles. The van der Waals surface area contributed by atoms with Gasteiger partial charge in [-0.25, -0.2) is 0 Å². The Bertz CT molecular complexity index is 298. The van der Waals surface area contributed by atoms with Gasteiger partial charge in [-0.05, 0) is 17.5 Å². The average Bonchev–Trinajstić information content (AvgIpc) is 2.27. The van der Waals surface area contributed by atoms with Crippen molar-refractivity contribution in [2.45, 2.75) is 30.4 Å². The number of benzene rings is 1. The molecule has 0 aromatic heterocycles. The van der Waals surface area contributed by atoms with Crippen molar-refractivity contribution >= 4 is 11.8 Å². The molecule has 1 aliphatic rings. The predicted octanol–water partition coefficient (Wildman–Crippen LogP) is 2.71. The molecule has 0 bridgehead atoms. The van der Waals surface area contributed by atoms with Gasteiger partial charge in [0, 0.05) is 17.0 Å². The van der Waals surface area contributed by atoms with Gasteiger partial charge >= 0.3 is 0 Å². The SMILES string of the molecule is CC1C[C@@H](N)c2ccccc2CS1. The molecule has 1 aromatic carbocycles. The zero-order chi connectivity index (χ0) is 9.26. The number of thioether (sulfide) groups is 1. The van der Waals surface area contributed by atoms with Gasteiger partial charge in [-0.3, -0.25) is 0 Å². The molecule has 0 radical (unpaired) electrons. The zero-order valence-electron chi connectivity index (χ0n) is 7.86. The van der Waals surface area contributed by atoms with E-state index in [9.17, 15) is 0 Å². The highest BCUT2D eigenvalue weighted by atomic mass is 32.2. The first-order valence-electron chi connectivity index (χ1n) is 4.72. The van der Waals surface area contributed by atoms with Gasteiger partial charge < -0.3 is 5.73 Å². The highest BCUT2D eigenvalue weighted by Gasteiger charge is 2.18. The number of rotatable bonds is 0. The van der Waals surface area contributed by atoms with E-state index in [-0.39, 0.29) is 6.04 Å². The molecule has 13 heavy (non-hydrogen) atoms. The van der Waals surface area contributed by atoms with E-state index in [0.29, 0.717) is 5.25 Å². The van der Waals surface area contributed by atoms with Gasteiger partial charge in [0.15, 0.2) is 0 Å². The van der Waals surface area contributed by atoms with E-state index in [1.54, 1.807) is 0 Å². The first-order valence-corrected chi connectivity index (χ1v) is 5.77. The van der Waals surface area contributed by atoms with E-state index >= 15 is 0 Å². The normalized spacial score (nSPS) is 27.8. The molecule has 2 N–H and O–H groups in total. The second-order valence-electron chi connectivity index (χ2n) is 3.66. The molecule has 2 rings (SSSR count). The summed E-state index contributed by atoms with van der Waals surface area (Å²) in [5, 5.41) is 0.683. The van der Waals surface area contributed by atoms with Crippen LogP contribution >= 0.6 is 11.8 Å². The summed E-state index contributed by atoms with van der Waals surface area (Å²) < 4.78 is 0. The fourth-order valence-electron chi connectivity index (χ4n) is 1.81. The molecule has 70 valence electrons. The first kappa shape index (κ1) is 9.10. The van der Waals surface area contributed by atoms with Crippen LogP contribution in [0.1, 0.15) is 30.5 Å². The highest BCUT2D eigenvalue weighted by Crippen LogP contribution is 2.32. The smallest absolute Gasteiger partial charge is 0.0308 e. The molecule has 2 heteroatoms. The zero-order valence-corrected chi connectivity index (χ0v) is 8.68. The van der Waals surface area contributed by atoms with Crippen molar-refractivity contribution < 1.29 is 0 Å². The van der Waals surface area contributed by atoms with Crippen LogP contribution in [0.15, 0.2) is 24.3 Å². The van der Waals surface area contributed by atoms with Crippen molar-refractivity contribution in [3.63, 3.8) is 0 Å². The van der Waals surface area contributed by atoms with Crippen LogP contribution in [0, 0.1) is 0 Å². The predicted molar refractivity (Wildman–Crippen MR) is 58.7 cm³/mol. The molecule has 1 unspecified atom stereocenters. The lowest BCUT2D eigenvalue weighted by molar-refractivity contribution is 0.651. The molecular weight excluding hydrogens is 178 g/mol. The number of hydrogen-bond acceptors (Lipinski definition) is 2. The lowest BCUT2D eigenvalue weighted by Crippen LogP contribution is -2.13. The van der Waals surface area contributed by atoms with Crippen LogP contribution in [0.4, 0.5) is 0 Å². The standard InChI is InChI=1S/C11H15NS/c1-8-6-11(12)10-5-3-2-4-9(10)7-13-8/h2-5,8,11H,6-7,12H2,1H3/t8?,11-/m1/s1. The summed E-state index contributed by atoms with van der Waals surface area (Å²) in [6, 6.07) is 8.78. The third kappa shape index (κ3) is 1.89. The van der Waals surface area contributed by atoms with Crippen LogP contribution in [-0.2, 0) is 5.75 Å². The van der Waals surface area contributed by atoms with Crippen molar-refractivity contribution in [1.29, 1.82) is 0 Å². The summed E-state index contributed by atoms with van der Waals surface area (Å²) in [4.78, 5) is 0. The minimum Gasteiger partial charge on any atom is -0.324 e. The fraction of sp³-hybridized carbons (Fsp3) is 0.455. The minimum atomic E-state index is 0.237. The van der Waals surface area contributed by atoms with Gasteiger partial charge in [0.05, 0.1) is 0 Å². The Labute approximate surface area is 83.7 Å². The summed E-state index contributed by atoms with van der Waals surface area (Å²) in [5.74, 6) is 1.12. The van der Waals surface area contributed by atoms with E-state index in [4.69, 9.17) is 5.73 Å². The molecular formula is C11H15NS. The summed E-state index contributed by atoms with van der Waals surface area (Å²) in [7, 11) is 0. The second-order valence-corrected chi connectivity index (χ2v) is 5.09. The molecule has 1 aromatic rings. The highest BCUT2D eigenvalue weighted by molar-refractivity contribution is 7.99. The first-order chi connectivity index (χ1) is 6.27. The molecule has 2 atom stereocenters. The largest absolute Gasteiger partial charge is 0.324 e. The monoisotopic (exact) mass is 193 g/mol. The molecule has 0 saturated heterocycles. The van der Waals surface area contributed by atoms with Crippen LogP contribution in [0.3, 0.4) is 0 Å². The third-order valence-corrected chi connectivity index (χ3v) is 3.80. The van der Waals surface area contributed by atoms with Crippen molar-refractivity contribution in [1.82, 2.24) is 0 Å². The quantitative estimate of drug-likeness (QED) is 0.685. The summed E-state index contributed by atoms with van der Waals surface area (Å²) in [5.41, 5.74) is 8.89. The van der Waals surface area contributed by atoms with Gasteiger partial charge in [-0.1, -0.05) is 31.2 Å². The van der Waals surface area contributed by atoms with Crippen LogP contribution < -0.4 is 5.73 Å². The topological polar surface area (TPSA) is 26.0 Å². The van der Waals surface area contributed by atoms with Crippen LogP contribution in [0.25, 0.3) is 0 Å². The Morgan fingerprint density at radius 2 is 2.15 bits per heavy atom.